The quantitative estimate of drug-likeness (QED) is 0.659. The zero-order valence-corrected chi connectivity index (χ0v) is 16.8. The van der Waals surface area contributed by atoms with E-state index in [-0.39, 0.29) is 11.8 Å². The van der Waals surface area contributed by atoms with Gasteiger partial charge in [-0.15, -0.1) is 5.10 Å². The van der Waals surface area contributed by atoms with Crippen molar-refractivity contribution in [1.29, 1.82) is 0 Å². The van der Waals surface area contributed by atoms with Crippen molar-refractivity contribution in [1.82, 2.24) is 14.8 Å². The maximum Gasteiger partial charge on any atom is 0.246 e. The molecule has 9 heteroatoms. The number of anilines is 3. The Kier molecular flexibility index (Phi) is 5.80. The van der Waals surface area contributed by atoms with E-state index in [1.807, 2.05) is 32.0 Å². The predicted octanol–water partition coefficient (Wildman–Crippen LogP) is 3.91. The number of benzene rings is 2. The number of hydrogen-bond acceptors (Lipinski definition) is 6. The van der Waals surface area contributed by atoms with Gasteiger partial charge in [0.25, 0.3) is 0 Å². The van der Waals surface area contributed by atoms with Gasteiger partial charge in [-0.1, -0.05) is 0 Å². The standard InChI is InChI=1S/C21H23F2N5O2/c1-14(2)30-20-12-17(3-4-19(20)27-5-7-29-8-6-27)25-21-24-13-28(26-21)18-10-15(22)9-16(23)11-18/h3-4,9-14H,5-8H2,1-2H3,(H,25,26). The Labute approximate surface area is 173 Å². The first-order chi connectivity index (χ1) is 14.5. The second-order valence-corrected chi connectivity index (χ2v) is 7.21. The number of morpholine rings is 1. The number of nitrogens with one attached hydrogen (secondary N) is 1. The Hall–Kier alpha value is -3.20. The lowest BCUT2D eigenvalue weighted by atomic mass is 10.2. The van der Waals surface area contributed by atoms with Crippen LogP contribution in [0.2, 0.25) is 0 Å². The molecular weight excluding hydrogens is 392 g/mol. The van der Waals surface area contributed by atoms with Crippen molar-refractivity contribution in [2.75, 3.05) is 36.5 Å². The molecule has 0 amide bonds. The van der Waals surface area contributed by atoms with Crippen LogP contribution >= 0.6 is 0 Å². The van der Waals surface area contributed by atoms with Crippen LogP contribution in [0.15, 0.2) is 42.7 Å². The molecule has 0 spiro atoms. The lowest BCUT2D eigenvalue weighted by Gasteiger charge is -2.31. The molecule has 0 aliphatic carbocycles. The number of halogens is 2. The first-order valence-corrected chi connectivity index (χ1v) is 9.76. The van der Waals surface area contributed by atoms with Gasteiger partial charge in [0.15, 0.2) is 0 Å². The highest BCUT2D eigenvalue weighted by molar-refractivity contribution is 5.67. The normalized spacial score (nSPS) is 14.2. The van der Waals surface area contributed by atoms with Gasteiger partial charge in [-0.25, -0.2) is 13.5 Å². The van der Waals surface area contributed by atoms with Crippen LogP contribution in [0.3, 0.4) is 0 Å². The predicted molar refractivity (Wildman–Crippen MR) is 110 cm³/mol. The lowest BCUT2D eigenvalue weighted by molar-refractivity contribution is 0.122. The molecule has 2 aromatic carbocycles. The summed E-state index contributed by atoms with van der Waals surface area (Å²) in [4.78, 5) is 6.41. The molecule has 1 aromatic heterocycles. The van der Waals surface area contributed by atoms with E-state index in [1.165, 1.54) is 23.1 Å². The van der Waals surface area contributed by atoms with E-state index >= 15 is 0 Å². The molecule has 158 valence electrons. The molecule has 1 aliphatic heterocycles. The van der Waals surface area contributed by atoms with Gasteiger partial charge < -0.3 is 19.7 Å². The number of nitrogens with zero attached hydrogens (tertiary/aromatic N) is 4. The van der Waals surface area contributed by atoms with E-state index in [0.717, 1.165) is 36.3 Å². The summed E-state index contributed by atoms with van der Waals surface area (Å²) >= 11 is 0. The van der Waals surface area contributed by atoms with Crippen LogP contribution in [0.1, 0.15) is 13.8 Å². The van der Waals surface area contributed by atoms with Crippen molar-refractivity contribution in [3.63, 3.8) is 0 Å². The molecule has 0 radical (unpaired) electrons. The van der Waals surface area contributed by atoms with Crippen molar-refractivity contribution in [3.8, 4) is 11.4 Å². The molecule has 2 heterocycles. The van der Waals surface area contributed by atoms with Crippen molar-refractivity contribution >= 4 is 17.3 Å². The minimum Gasteiger partial charge on any atom is -0.489 e. The molecule has 1 saturated heterocycles. The molecule has 3 aromatic rings. The van der Waals surface area contributed by atoms with Crippen molar-refractivity contribution in [2.24, 2.45) is 0 Å². The number of aromatic nitrogens is 3. The molecule has 0 saturated carbocycles. The highest BCUT2D eigenvalue weighted by Gasteiger charge is 2.17. The van der Waals surface area contributed by atoms with E-state index in [2.05, 4.69) is 20.3 Å². The van der Waals surface area contributed by atoms with E-state index in [9.17, 15) is 8.78 Å². The summed E-state index contributed by atoms with van der Waals surface area (Å²) in [7, 11) is 0. The average molecular weight is 415 g/mol. The molecule has 4 rings (SSSR count). The summed E-state index contributed by atoms with van der Waals surface area (Å²) < 4.78 is 39.7. The topological polar surface area (TPSA) is 64.4 Å². The summed E-state index contributed by atoms with van der Waals surface area (Å²) in [6.45, 7) is 6.93. The van der Waals surface area contributed by atoms with Gasteiger partial charge in [0.1, 0.15) is 23.7 Å². The van der Waals surface area contributed by atoms with Gasteiger partial charge in [0.05, 0.1) is 30.7 Å². The molecule has 30 heavy (non-hydrogen) atoms. The number of hydrogen-bond donors (Lipinski definition) is 1. The Morgan fingerprint density at radius 1 is 1.07 bits per heavy atom. The van der Waals surface area contributed by atoms with Crippen LogP contribution in [0.5, 0.6) is 5.75 Å². The fourth-order valence-corrected chi connectivity index (χ4v) is 3.25. The molecule has 7 nitrogen and oxygen atoms in total. The summed E-state index contributed by atoms with van der Waals surface area (Å²) in [5.41, 5.74) is 2.00. The second kappa shape index (κ2) is 8.66. The van der Waals surface area contributed by atoms with E-state index in [4.69, 9.17) is 9.47 Å². The second-order valence-electron chi connectivity index (χ2n) is 7.21. The first kappa shape index (κ1) is 20.1. The Balaban J connectivity index is 1.56. The summed E-state index contributed by atoms with van der Waals surface area (Å²) in [5, 5.41) is 7.37. The van der Waals surface area contributed by atoms with Crippen LogP contribution in [-0.2, 0) is 4.74 Å². The van der Waals surface area contributed by atoms with Gasteiger partial charge in [0.2, 0.25) is 5.95 Å². The van der Waals surface area contributed by atoms with Crippen LogP contribution in [-0.4, -0.2) is 47.2 Å². The zero-order valence-electron chi connectivity index (χ0n) is 16.8. The SMILES string of the molecule is CC(C)Oc1cc(Nc2ncn(-c3cc(F)cc(F)c3)n2)ccc1N1CCOCC1. The highest BCUT2D eigenvalue weighted by atomic mass is 19.1. The molecular formula is C21H23F2N5O2. The fourth-order valence-electron chi connectivity index (χ4n) is 3.25. The summed E-state index contributed by atoms with van der Waals surface area (Å²) in [6, 6.07) is 8.99. The number of ether oxygens (including phenoxy) is 2. The Morgan fingerprint density at radius 3 is 2.50 bits per heavy atom. The zero-order chi connectivity index (χ0) is 21.1. The Morgan fingerprint density at radius 2 is 1.80 bits per heavy atom. The molecule has 0 bridgehead atoms. The van der Waals surface area contributed by atoms with Crippen molar-refractivity contribution in [3.05, 3.63) is 54.4 Å². The minimum absolute atomic E-state index is 0.0141. The first-order valence-electron chi connectivity index (χ1n) is 9.76. The third-order valence-electron chi connectivity index (χ3n) is 4.53. The average Bonchev–Trinajstić information content (AvgIpc) is 3.16. The van der Waals surface area contributed by atoms with Crippen LogP contribution in [0, 0.1) is 11.6 Å². The van der Waals surface area contributed by atoms with Gasteiger partial charge in [-0.2, -0.15) is 4.98 Å². The van der Waals surface area contributed by atoms with Gasteiger partial charge in [-0.3, -0.25) is 0 Å². The van der Waals surface area contributed by atoms with Crippen molar-refractivity contribution in [2.45, 2.75) is 20.0 Å². The molecule has 0 unspecified atom stereocenters. The molecule has 1 fully saturated rings. The fraction of sp³-hybridized carbons (Fsp3) is 0.333. The third kappa shape index (κ3) is 4.68. The lowest BCUT2D eigenvalue weighted by Crippen LogP contribution is -2.36. The van der Waals surface area contributed by atoms with Crippen LogP contribution in [0.4, 0.5) is 26.1 Å². The minimum atomic E-state index is -0.677. The van der Waals surface area contributed by atoms with E-state index in [1.54, 1.807) is 0 Å². The summed E-state index contributed by atoms with van der Waals surface area (Å²) in [5.74, 6) is -0.300. The molecule has 0 atom stereocenters. The van der Waals surface area contributed by atoms with Gasteiger partial charge in [0, 0.05) is 30.9 Å². The van der Waals surface area contributed by atoms with E-state index < -0.39 is 11.6 Å². The summed E-state index contributed by atoms with van der Waals surface area (Å²) in [6.07, 6.45) is 1.41. The maximum absolute atomic E-state index is 13.5. The largest absolute Gasteiger partial charge is 0.489 e. The third-order valence-corrected chi connectivity index (χ3v) is 4.53. The van der Waals surface area contributed by atoms with Crippen LogP contribution < -0.4 is 15.0 Å². The maximum atomic E-state index is 13.5. The molecule has 1 aliphatic rings. The van der Waals surface area contributed by atoms with Gasteiger partial charge >= 0.3 is 0 Å². The van der Waals surface area contributed by atoms with E-state index in [0.29, 0.717) is 19.2 Å². The Bertz CT molecular complexity index is 998. The highest BCUT2D eigenvalue weighted by Crippen LogP contribution is 2.33. The van der Waals surface area contributed by atoms with Crippen LogP contribution in [0.25, 0.3) is 5.69 Å². The number of rotatable bonds is 6. The molecule has 1 N–H and O–H groups in total. The smallest absolute Gasteiger partial charge is 0.246 e. The monoisotopic (exact) mass is 415 g/mol. The van der Waals surface area contributed by atoms with Crippen molar-refractivity contribution < 1.29 is 18.3 Å². The van der Waals surface area contributed by atoms with Gasteiger partial charge in [-0.05, 0) is 38.1 Å².